The van der Waals surface area contributed by atoms with Crippen molar-refractivity contribution in [3.63, 3.8) is 0 Å². The quantitative estimate of drug-likeness (QED) is 0.463. The highest BCUT2D eigenvalue weighted by Gasteiger charge is 2.14. The molecule has 0 bridgehead atoms. The molecule has 0 unspecified atom stereocenters. The molecule has 0 aliphatic carbocycles. The number of hydrogen-bond acceptors (Lipinski definition) is 6. The van der Waals surface area contributed by atoms with Gasteiger partial charge in [0, 0.05) is 17.1 Å². The highest BCUT2D eigenvalue weighted by Crippen LogP contribution is 2.29. The Kier molecular flexibility index (Phi) is 5.48. The number of nitriles is 1. The molecule has 0 aliphatic rings. The van der Waals surface area contributed by atoms with E-state index in [0.717, 1.165) is 22.2 Å². The third-order valence-corrected chi connectivity index (χ3v) is 5.82. The van der Waals surface area contributed by atoms with Crippen molar-refractivity contribution in [3.05, 3.63) is 58.6 Å². The number of carbonyl (C=O) groups is 1. The maximum Gasteiger partial charge on any atom is 0.234 e. The molecule has 0 atom stereocenters. The maximum absolute atomic E-state index is 12.4. The summed E-state index contributed by atoms with van der Waals surface area (Å²) in [6, 6.07) is 14.6. The molecule has 30 heavy (non-hydrogen) atoms. The number of nitrogens with zero attached hydrogens (tertiary/aromatic N) is 4. The Hall–Kier alpha value is -3.28. The fraction of sp³-hybridized carbons (Fsp3) is 0.143. The Bertz CT molecular complexity index is 1330. The molecule has 0 saturated carbocycles. The molecule has 2 aromatic carbocycles. The molecule has 2 aromatic heterocycles. The number of aromatic nitrogens is 3. The number of rotatable bonds is 5. The maximum atomic E-state index is 12.4. The third kappa shape index (κ3) is 3.77. The van der Waals surface area contributed by atoms with Crippen LogP contribution in [-0.4, -0.2) is 33.4 Å². The monoisotopic (exact) mass is 437 g/mol. The van der Waals surface area contributed by atoms with Crippen molar-refractivity contribution < 1.29 is 9.53 Å². The van der Waals surface area contributed by atoms with Crippen LogP contribution in [0.25, 0.3) is 16.6 Å². The molecule has 0 saturated heterocycles. The minimum atomic E-state index is -0.216. The van der Waals surface area contributed by atoms with E-state index >= 15 is 0 Å². The molecule has 150 valence electrons. The predicted octanol–water partition coefficient (Wildman–Crippen LogP) is 4.46. The molecule has 7 nitrogen and oxygen atoms in total. The molecule has 1 amide bonds. The van der Waals surface area contributed by atoms with Crippen LogP contribution in [0.5, 0.6) is 5.75 Å². The van der Waals surface area contributed by atoms with Crippen molar-refractivity contribution in [2.75, 3.05) is 18.2 Å². The van der Waals surface area contributed by atoms with Gasteiger partial charge in [0.1, 0.15) is 11.8 Å². The summed E-state index contributed by atoms with van der Waals surface area (Å²) in [5, 5.41) is 22.2. The van der Waals surface area contributed by atoms with E-state index < -0.39 is 0 Å². The number of carbonyl (C=O) groups excluding carboxylic acids is 1. The molecule has 9 heteroatoms. The molecule has 0 spiro atoms. The third-order valence-electron chi connectivity index (χ3n) is 4.58. The molecule has 0 radical (unpaired) electrons. The van der Waals surface area contributed by atoms with Crippen LogP contribution in [0.15, 0.2) is 47.6 Å². The van der Waals surface area contributed by atoms with Gasteiger partial charge in [-0.1, -0.05) is 23.4 Å². The highest BCUT2D eigenvalue weighted by molar-refractivity contribution is 7.99. The molecule has 0 aliphatic heterocycles. The lowest BCUT2D eigenvalue weighted by molar-refractivity contribution is -0.113. The van der Waals surface area contributed by atoms with Crippen molar-refractivity contribution in [2.24, 2.45) is 0 Å². The second-order valence-electron chi connectivity index (χ2n) is 6.53. The molecule has 4 aromatic rings. The van der Waals surface area contributed by atoms with Gasteiger partial charge in [-0.3, -0.25) is 9.20 Å². The topological polar surface area (TPSA) is 92.3 Å². The Balaban J connectivity index is 1.58. The Morgan fingerprint density at radius 2 is 2.10 bits per heavy atom. The number of methoxy groups -OCH3 is 1. The number of benzene rings is 2. The molecular formula is C21H16ClN5O2S. The predicted molar refractivity (Wildman–Crippen MR) is 117 cm³/mol. The minimum Gasteiger partial charge on any atom is -0.497 e. The summed E-state index contributed by atoms with van der Waals surface area (Å²) >= 11 is 7.30. The Morgan fingerprint density at radius 3 is 2.83 bits per heavy atom. The van der Waals surface area contributed by atoms with Crippen LogP contribution in [0.4, 0.5) is 5.69 Å². The van der Waals surface area contributed by atoms with Crippen molar-refractivity contribution in [2.45, 2.75) is 12.1 Å². The first-order valence-corrected chi connectivity index (χ1v) is 10.3. The standard InChI is InChI=1S/C21H16ClN5O2S/c1-12-7-19-25-26-21(27(19)18-9-15(29-2)5-6-16(12)18)30-11-20(28)24-14-4-3-13(10-23)17(22)8-14/h3-9H,11H2,1-2H3,(H,24,28). The van der Waals surface area contributed by atoms with Gasteiger partial charge in [-0.2, -0.15) is 5.26 Å². The zero-order valence-electron chi connectivity index (χ0n) is 16.1. The molecule has 1 N–H and O–H groups in total. The minimum absolute atomic E-state index is 0.137. The van der Waals surface area contributed by atoms with Crippen molar-refractivity contribution in [1.82, 2.24) is 14.6 Å². The molecule has 4 rings (SSSR count). The summed E-state index contributed by atoms with van der Waals surface area (Å²) in [5.74, 6) is 0.651. The molecular weight excluding hydrogens is 422 g/mol. The Morgan fingerprint density at radius 1 is 1.27 bits per heavy atom. The number of amides is 1. The summed E-state index contributed by atoms with van der Waals surface area (Å²) in [6.45, 7) is 2.02. The number of hydrogen-bond donors (Lipinski definition) is 1. The average molecular weight is 438 g/mol. The van der Waals surface area contributed by atoms with Gasteiger partial charge in [0.05, 0.1) is 29.0 Å². The van der Waals surface area contributed by atoms with Crippen LogP contribution in [0.1, 0.15) is 11.1 Å². The fourth-order valence-corrected chi connectivity index (χ4v) is 4.11. The van der Waals surface area contributed by atoms with Crippen molar-refractivity contribution in [3.8, 4) is 11.8 Å². The number of thioether (sulfide) groups is 1. The first kappa shape index (κ1) is 20.0. The van der Waals surface area contributed by atoms with Gasteiger partial charge in [-0.05, 0) is 48.9 Å². The van der Waals surface area contributed by atoms with Crippen LogP contribution in [0, 0.1) is 18.3 Å². The number of anilines is 1. The largest absolute Gasteiger partial charge is 0.497 e. The van der Waals surface area contributed by atoms with Gasteiger partial charge < -0.3 is 10.1 Å². The van der Waals surface area contributed by atoms with Crippen LogP contribution in [0.3, 0.4) is 0 Å². The number of nitrogens with one attached hydrogen (secondary N) is 1. The lowest BCUT2D eigenvalue weighted by Crippen LogP contribution is -2.14. The lowest BCUT2D eigenvalue weighted by atomic mass is 10.1. The van der Waals surface area contributed by atoms with E-state index in [1.165, 1.54) is 11.8 Å². The smallest absolute Gasteiger partial charge is 0.234 e. The van der Waals surface area contributed by atoms with Gasteiger partial charge in [0.15, 0.2) is 10.8 Å². The summed E-state index contributed by atoms with van der Waals surface area (Å²) in [5.41, 5.74) is 3.59. The SMILES string of the molecule is COc1ccc2c(C)cc3nnc(SCC(=O)Nc4ccc(C#N)c(Cl)c4)n3c2c1. The molecule has 2 heterocycles. The van der Waals surface area contributed by atoms with Crippen molar-refractivity contribution >= 4 is 51.5 Å². The zero-order valence-corrected chi connectivity index (χ0v) is 17.7. The fourth-order valence-electron chi connectivity index (χ4n) is 3.13. The van der Waals surface area contributed by atoms with E-state index in [1.807, 2.05) is 41.7 Å². The van der Waals surface area contributed by atoms with Crippen molar-refractivity contribution in [1.29, 1.82) is 5.26 Å². The number of fused-ring (bicyclic) bond motifs is 3. The number of halogens is 1. The number of ether oxygens (including phenoxy) is 1. The Labute approximate surface area is 181 Å². The zero-order chi connectivity index (χ0) is 21.3. The van der Waals surface area contributed by atoms with Gasteiger partial charge in [0.25, 0.3) is 0 Å². The van der Waals surface area contributed by atoms with Gasteiger partial charge in [-0.15, -0.1) is 10.2 Å². The summed E-state index contributed by atoms with van der Waals surface area (Å²) < 4.78 is 7.28. The van der Waals surface area contributed by atoms with E-state index in [0.29, 0.717) is 27.1 Å². The first-order chi connectivity index (χ1) is 14.5. The second-order valence-corrected chi connectivity index (χ2v) is 7.88. The van der Waals surface area contributed by atoms with E-state index in [9.17, 15) is 4.79 Å². The normalized spacial score (nSPS) is 10.9. The lowest BCUT2D eigenvalue weighted by Gasteiger charge is -2.09. The van der Waals surface area contributed by atoms with Crippen LogP contribution in [0.2, 0.25) is 5.02 Å². The second kappa shape index (κ2) is 8.22. The van der Waals surface area contributed by atoms with Gasteiger partial charge >= 0.3 is 0 Å². The van der Waals surface area contributed by atoms with E-state index in [4.69, 9.17) is 21.6 Å². The van der Waals surface area contributed by atoms with E-state index in [1.54, 1.807) is 25.3 Å². The average Bonchev–Trinajstić information content (AvgIpc) is 3.15. The summed E-state index contributed by atoms with van der Waals surface area (Å²) in [7, 11) is 1.62. The van der Waals surface area contributed by atoms with E-state index in [2.05, 4.69) is 15.5 Å². The molecule has 0 fully saturated rings. The van der Waals surface area contributed by atoms with Crippen LogP contribution in [-0.2, 0) is 4.79 Å². The van der Waals surface area contributed by atoms with Crippen LogP contribution >= 0.6 is 23.4 Å². The summed E-state index contributed by atoms with van der Waals surface area (Å²) in [6.07, 6.45) is 0. The first-order valence-electron chi connectivity index (χ1n) is 8.95. The van der Waals surface area contributed by atoms with Gasteiger partial charge in [0.2, 0.25) is 5.91 Å². The summed E-state index contributed by atoms with van der Waals surface area (Å²) in [4.78, 5) is 12.4. The number of pyridine rings is 1. The number of aryl methyl sites for hydroxylation is 1. The van der Waals surface area contributed by atoms with E-state index in [-0.39, 0.29) is 11.7 Å². The highest BCUT2D eigenvalue weighted by atomic mass is 35.5. The van der Waals surface area contributed by atoms with Crippen LogP contribution < -0.4 is 10.1 Å². The van der Waals surface area contributed by atoms with Gasteiger partial charge in [-0.25, -0.2) is 0 Å².